The first-order valence-electron chi connectivity index (χ1n) is 4.46. The Morgan fingerprint density at radius 1 is 1.47 bits per heavy atom. The molecule has 0 spiro atoms. The fourth-order valence-electron chi connectivity index (χ4n) is 0.977. The van der Waals surface area contributed by atoms with Gasteiger partial charge < -0.3 is 4.74 Å². The lowest BCUT2D eigenvalue weighted by Crippen LogP contribution is -2.32. The number of carbonyl (C=O) groups excluding carboxylic acids is 1. The molecule has 0 bridgehead atoms. The van der Waals surface area contributed by atoms with Crippen molar-refractivity contribution >= 4 is 23.7 Å². The van der Waals surface area contributed by atoms with Crippen LogP contribution in [0.2, 0.25) is 0 Å². The molecular formula is C10H11ClN2O2. The van der Waals surface area contributed by atoms with Gasteiger partial charge >= 0.3 is 6.02 Å². The van der Waals surface area contributed by atoms with Crippen molar-refractivity contribution in [1.82, 2.24) is 5.32 Å². The largest absolute Gasteiger partial charge is 0.464 e. The van der Waals surface area contributed by atoms with Crippen LogP contribution in [0, 0.1) is 0 Å². The molecule has 0 atom stereocenters. The van der Waals surface area contributed by atoms with Crippen LogP contribution in [-0.4, -0.2) is 18.5 Å². The van der Waals surface area contributed by atoms with Crippen LogP contribution in [0.3, 0.4) is 0 Å². The van der Waals surface area contributed by atoms with Crippen LogP contribution < -0.4 is 5.32 Å². The smallest absolute Gasteiger partial charge is 0.308 e. The second-order valence-corrected chi connectivity index (χ2v) is 2.81. The quantitative estimate of drug-likeness (QED) is 0.619. The highest BCUT2D eigenvalue weighted by Crippen LogP contribution is 1.98. The van der Waals surface area contributed by atoms with E-state index in [2.05, 4.69) is 9.83 Å². The Hall–Kier alpha value is -1.55. The molecule has 0 saturated heterocycles. The number of nitrogens with one attached hydrogen (secondary N) is 1. The lowest BCUT2D eigenvalue weighted by Gasteiger charge is -2.06. The number of amides is 1. The van der Waals surface area contributed by atoms with Gasteiger partial charge in [0, 0.05) is 17.3 Å². The van der Waals surface area contributed by atoms with Crippen molar-refractivity contribution in [3.8, 4) is 0 Å². The molecule has 0 aromatic heterocycles. The number of benzene rings is 1. The van der Waals surface area contributed by atoms with Gasteiger partial charge in [0.15, 0.2) is 0 Å². The number of amidine groups is 1. The van der Waals surface area contributed by atoms with Crippen molar-refractivity contribution in [2.45, 2.75) is 6.92 Å². The van der Waals surface area contributed by atoms with Crippen molar-refractivity contribution in [2.24, 2.45) is 4.51 Å². The van der Waals surface area contributed by atoms with Gasteiger partial charge in [0.25, 0.3) is 5.91 Å². The van der Waals surface area contributed by atoms with Crippen LogP contribution in [0.5, 0.6) is 0 Å². The summed E-state index contributed by atoms with van der Waals surface area (Å²) in [6.07, 6.45) is 0. The number of hydrogen-bond donors (Lipinski definition) is 1. The van der Waals surface area contributed by atoms with Gasteiger partial charge in [0.2, 0.25) is 0 Å². The maximum absolute atomic E-state index is 11.6. The second kappa shape index (κ2) is 6.03. The zero-order valence-corrected chi connectivity index (χ0v) is 8.99. The maximum Gasteiger partial charge on any atom is 0.308 e. The van der Waals surface area contributed by atoms with Gasteiger partial charge in [-0.05, 0) is 19.1 Å². The van der Waals surface area contributed by atoms with Crippen molar-refractivity contribution < 1.29 is 9.53 Å². The molecule has 0 heterocycles. The van der Waals surface area contributed by atoms with Gasteiger partial charge in [-0.2, -0.15) is 0 Å². The molecule has 4 nitrogen and oxygen atoms in total. The van der Waals surface area contributed by atoms with E-state index in [1.54, 1.807) is 31.2 Å². The zero-order chi connectivity index (χ0) is 11.1. The van der Waals surface area contributed by atoms with Crippen LogP contribution in [0.15, 0.2) is 34.8 Å². The highest BCUT2D eigenvalue weighted by atomic mass is 35.5. The van der Waals surface area contributed by atoms with E-state index in [1.807, 2.05) is 6.07 Å². The van der Waals surface area contributed by atoms with E-state index >= 15 is 0 Å². The molecule has 1 N–H and O–H groups in total. The summed E-state index contributed by atoms with van der Waals surface area (Å²) in [6.45, 7) is 2.16. The highest BCUT2D eigenvalue weighted by Gasteiger charge is 2.08. The van der Waals surface area contributed by atoms with Crippen LogP contribution in [0.25, 0.3) is 0 Å². The van der Waals surface area contributed by atoms with Gasteiger partial charge in [-0.3, -0.25) is 10.1 Å². The van der Waals surface area contributed by atoms with Crippen LogP contribution >= 0.6 is 11.8 Å². The molecule has 15 heavy (non-hydrogen) atoms. The van der Waals surface area contributed by atoms with Crippen molar-refractivity contribution in [1.29, 1.82) is 0 Å². The Labute approximate surface area is 93.0 Å². The molecular weight excluding hydrogens is 216 g/mol. The van der Waals surface area contributed by atoms with Crippen molar-refractivity contribution in [2.75, 3.05) is 6.61 Å². The molecule has 0 aliphatic carbocycles. The third-order valence-electron chi connectivity index (χ3n) is 1.61. The van der Waals surface area contributed by atoms with E-state index in [-0.39, 0.29) is 11.9 Å². The lowest BCUT2D eigenvalue weighted by atomic mass is 10.2. The molecule has 0 aliphatic rings. The first-order valence-corrected chi connectivity index (χ1v) is 4.80. The SMILES string of the molecule is CCOC(=NCl)NC(=O)c1ccccc1. The molecule has 0 fully saturated rings. The summed E-state index contributed by atoms with van der Waals surface area (Å²) in [5.74, 6) is -0.302. The van der Waals surface area contributed by atoms with E-state index in [9.17, 15) is 4.79 Å². The summed E-state index contributed by atoms with van der Waals surface area (Å²) in [5, 5.41) is 2.44. The molecule has 0 aliphatic heterocycles. The summed E-state index contributed by atoms with van der Waals surface area (Å²) in [6, 6.07) is 8.75. The molecule has 0 saturated carbocycles. The average molecular weight is 227 g/mol. The molecule has 0 unspecified atom stereocenters. The van der Waals surface area contributed by atoms with E-state index in [0.29, 0.717) is 12.2 Å². The number of carbonyl (C=O) groups is 1. The Morgan fingerprint density at radius 2 is 2.13 bits per heavy atom. The third kappa shape index (κ3) is 3.59. The molecule has 1 rings (SSSR count). The Kier molecular flexibility index (Phi) is 4.63. The molecule has 5 heteroatoms. The minimum Gasteiger partial charge on any atom is -0.464 e. The monoisotopic (exact) mass is 226 g/mol. The van der Waals surface area contributed by atoms with Gasteiger partial charge in [-0.1, -0.05) is 18.2 Å². The van der Waals surface area contributed by atoms with E-state index in [0.717, 1.165) is 0 Å². The third-order valence-corrected chi connectivity index (χ3v) is 1.77. The fraction of sp³-hybridized carbons (Fsp3) is 0.200. The minimum atomic E-state index is -0.302. The molecule has 0 radical (unpaired) electrons. The summed E-state index contributed by atoms with van der Waals surface area (Å²) in [7, 11) is 0. The maximum atomic E-state index is 11.6. The normalized spacial score (nSPS) is 10.9. The van der Waals surface area contributed by atoms with E-state index < -0.39 is 0 Å². The predicted octanol–water partition coefficient (Wildman–Crippen LogP) is 1.96. The standard InChI is InChI=1S/C10H11ClN2O2/c1-2-15-10(13-11)12-9(14)8-6-4-3-5-7-8/h3-7H,2H2,1H3,(H,12,13,14). The molecule has 1 aromatic carbocycles. The van der Waals surface area contributed by atoms with E-state index in [4.69, 9.17) is 16.5 Å². The average Bonchev–Trinajstić information content (AvgIpc) is 2.29. The molecule has 80 valence electrons. The lowest BCUT2D eigenvalue weighted by molar-refractivity contribution is 0.0966. The van der Waals surface area contributed by atoms with Gasteiger partial charge in [0.1, 0.15) is 0 Å². The first kappa shape index (κ1) is 11.5. The first-order chi connectivity index (χ1) is 7.27. The van der Waals surface area contributed by atoms with Gasteiger partial charge in [0.05, 0.1) is 6.61 Å². The van der Waals surface area contributed by atoms with Gasteiger partial charge in [-0.25, -0.2) is 0 Å². The molecule has 1 amide bonds. The van der Waals surface area contributed by atoms with Gasteiger partial charge in [-0.15, -0.1) is 4.51 Å². The number of ether oxygens (including phenoxy) is 1. The summed E-state index contributed by atoms with van der Waals surface area (Å²) < 4.78 is 8.25. The van der Waals surface area contributed by atoms with E-state index in [1.165, 1.54) is 0 Å². The number of halogens is 1. The summed E-state index contributed by atoms with van der Waals surface area (Å²) in [5.41, 5.74) is 0.523. The highest BCUT2D eigenvalue weighted by molar-refractivity contribution is 6.20. The Morgan fingerprint density at radius 3 is 2.67 bits per heavy atom. The Balaban J connectivity index is 2.63. The number of hydrogen-bond acceptors (Lipinski definition) is 3. The topological polar surface area (TPSA) is 50.7 Å². The van der Waals surface area contributed by atoms with Crippen LogP contribution in [-0.2, 0) is 4.74 Å². The van der Waals surface area contributed by atoms with Crippen LogP contribution in [0.4, 0.5) is 0 Å². The number of rotatable bonds is 2. The van der Waals surface area contributed by atoms with Crippen LogP contribution in [0.1, 0.15) is 17.3 Å². The second-order valence-electron chi connectivity index (χ2n) is 2.64. The van der Waals surface area contributed by atoms with Crippen molar-refractivity contribution in [3.63, 3.8) is 0 Å². The van der Waals surface area contributed by atoms with Crippen molar-refractivity contribution in [3.05, 3.63) is 35.9 Å². The zero-order valence-electron chi connectivity index (χ0n) is 8.24. The molecule has 1 aromatic rings. The Bertz CT molecular complexity index is 352. The number of nitrogens with zero attached hydrogens (tertiary/aromatic N) is 1. The summed E-state index contributed by atoms with van der Waals surface area (Å²) in [4.78, 5) is 11.6. The fourth-order valence-corrected chi connectivity index (χ4v) is 1.07. The summed E-state index contributed by atoms with van der Waals surface area (Å²) >= 11 is 5.23. The predicted molar refractivity (Wildman–Crippen MR) is 58.8 cm³/mol. The minimum absolute atomic E-state index is 0.00743.